The smallest absolute Gasteiger partial charge is 0.0201 e. The molecule has 1 aromatic rings. The fourth-order valence-electron chi connectivity index (χ4n) is 1.26. The van der Waals surface area contributed by atoms with Gasteiger partial charge in [-0.15, -0.1) is 0 Å². The minimum atomic E-state index is 1.35. The van der Waals surface area contributed by atoms with Crippen LogP contribution in [0.25, 0.3) is 6.08 Å². The Hall–Kier alpha value is -1.04. The van der Waals surface area contributed by atoms with E-state index in [-0.39, 0.29) is 0 Å². The minimum Gasteiger partial charge on any atom is -0.0870 e. The van der Waals surface area contributed by atoms with Crippen LogP contribution in [0.15, 0.2) is 24.3 Å². The Morgan fingerprint density at radius 2 is 1.64 bits per heavy atom. The van der Waals surface area contributed by atoms with Crippen LogP contribution in [-0.2, 0) is 0 Å². The zero-order valence-electron chi connectivity index (χ0n) is 7.39. The lowest BCUT2D eigenvalue weighted by molar-refractivity contribution is 1.35. The summed E-state index contributed by atoms with van der Waals surface area (Å²) in [6.45, 7) is 6.33. The normalized spacial score (nSPS) is 10.8. The molecule has 0 N–H and O–H groups in total. The van der Waals surface area contributed by atoms with Crippen LogP contribution in [0.1, 0.15) is 23.6 Å². The molecule has 0 radical (unpaired) electrons. The molecule has 1 rings (SSSR count). The third kappa shape index (κ3) is 1.70. The van der Waals surface area contributed by atoms with Gasteiger partial charge < -0.3 is 0 Å². The van der Waals surface area contributed by atoms with Gasteiger partial charge in [0.2, 0.25) is 0 Å². The van der Waals surface area contributed by atoms with Gasteiger partial charge in [0.05, 0.1) is 0 Å². The summed E-state index contributed by atoms with van der Waals surface area (Å²) in [5, 5.41) is 0. The van der Waals surface area contributed by atoms with E-state index >= 15 is 0 Å². The summed E-state index contributed by atoms with van der Waals surface area (Å²) in [7, 11) is 0. The highest BCUT2D eigenvalue weighted by molar-refractivity contribution is 5.57. The first-order chi connectivity index (χ1) is 5.25. The van der Waals surface area contributed by atoms with E-state index in [1.165, 1.54) is 16.7 Å². The second kappa shape index (κ2) is 3.38. The minimum absolute atomic E-state index is 1.35. The molecule has 0 aliphatic rings. The number of rotatable bonds is 1. The van der Waals surface area contributed by atoms with Gasteiger partial charge in [0, 0.05) is 0 Å². The van der Waals surface area contributed by atoms with Crippen molar-refractivity contribution in [3.8, 4) is 0 Å². The van der Waals surface area contributed by atoms with Gasteiger partial charge in [-0.3, -0.25) is 0 Å². The van der Waals surface area contributed by atoms with Crippen molar-refractivity contribution in [1.29, 1.82) is 0 Å². The summed E-state index contributed by atoms with van der Waals surface area (Å²) >= 11 is 0. The van der Waals surface area contributed by atoms with Crippen molar-refractivity contribution < 1.29 is 0 Å². The van der Waals surface area contributed by atoms with E-state index in [1.54, 1.807) is 0 Å². The SMILES string of the molecule is CC=Cc1c(C)cccc1C. The van der Waals surface area contributed by atoms with E-state index in [0.29, 0.717) is 0 Å². The summed E-state index contributed by atoms with van der Waals surface area (Å²) in [6.07, 6.45) is 4.24. The second-order valence-corrected chi connectivity index (χ2v) is 2.81. The van der Waals surface area contributed by atoms with Crippen LogP contribution in [0.4, 0.5) is 0 Å². The largest absolute Gasteiger partial charge is 0.0870 e. The van der Waals surface area contributed by atoms with Crippen LogP contribution in [0.5, 0.6) is 0 Å². The lowest BCUT2D eigenvalue weighted by Crippen LogP contribution is -1.83. The summed E-state index contributed by atoms with van der Waals surface area (Å²) in [5.41, 5.74) is 4.06. The second-order valence-electron chi connectivity index (χ2n) is 2.81. The Bertz CT molecular complexity index is 249. The summed E-state index contributed by atoms with van der Waals surface area (Å²) < 4.78 is 0. The molecule has 1 aromatic carbocycles. The Kier molecular flexibility index (Phi) is 2.48. The van der Waals surface area contributed by atoms with Gasteiger partial charge in [0.15, 0.2) is 0 Å². The first-order valence-corrected chi connectivity index (χ1v) is 3.94. The van der Waals surface area contributed by atoms with E-state index in [4.69, 9.17) is 0 Å². The molecule has 11 heavy (non-hydrogen) atoms. The Morgan fingerprint density at radius 1 is 1.09 bits per heavy atom. The molecule has 0 atom stereocenters. The van der Waals surface area contributed by atoms with Crippen LogP contribution in [0.3, 0.4) is 0 Å². The molecular weight excluding hydrogens is 132 g/mol. The molecule has 0 fully saturated rings. The topological polar surface area (TPSA) is 0 Å². The summed E-state index contributed by atoms with van der Waals surface area (Å²) in [6, 6.07) is 6.38. The Morgan fingerprint density at radius 3 is 2.09 bits per heavy atom. The summed E-state index contributed by atoms with van der Waals surface area (Å²) in [4.78, 5) is 0. The van der Waals surface area contributed by atoms with Crippen molar-refractivity contribution in [3.05, 3.63) is 41.0 Å². The number of hydrogen-bond donors (Lipinski definition) is 0. The number of allylic oxidation sites excluding steroid dienone is 1. The van der Waals surface area contributed by atoms with Crippen LogP contribution in [0, 0.1) is 13.8 Å². The van der Waals surface area contributed by atoms with Crippen molar-refractivity contribution >= 4 is 6.08 Å². The van der Waals surface area contributed by atoms with Crippen LogP contribution in [0.2, 0.25) is 0 Å². The Balaban J connectivity index is 3.20. The predicted octanol–water partition coefficient (Wildman–Crippen LogP) is 3.34. The predicted molar refractivity (Wildman–Crippen MR) is 50.6 cm³/mol. The van der Waals surface area contributed by atoms with E-state index in [2.05, 4.69) is 44.2 Å². The monoisotopic (exact) mass is 146 g/mol. The molecule has 58 valence electrons. The first-order valence-electron chi connectivity index (χ1n) is 3.94. The van der Waals surface area contributed by atoms with E-state index in [0.717, 1.165) is 0 Å². The quantitative estimate of drug-likeness (QED) is 0.570. The molecule has 0 unspecified atom stereocenters. The maximum atomic E-state index is 2.16. The Labute approximate surface area is 68.6 Å². The maximum absolute atomic E-state index is 2.16. The van der Waals surface area contributed by atoms with Crippen molar-refractivity contribution in [1.82, 2.24) is 0 Å². The van der Waals surface area contributed by atoms with Gasteiger partial charge in [0.25, 0.3) is 0 Å². The molecule has 0 bridgehead atoms. The standard InChI is InChI=1S/C11H14/c1-4-6-11-9(2)7-5-8-10(11)3/h4-8H,1-3H3. The van der Waals surface area contributed by atoms with Crippen LogP contribution >= 0.6 is 0 Å². The van der Waals surface area contributed by atoms with Crippen LogP contribution < -0.4 is 0 Å². The molecular formula is C11H14. The van der Waals surface area contributed by atoms with Gasteiger partial charge in [-0.05, 0) is 37.5 Å². The molecule has 0 nitrogen and oxygen atoms in total. The molecule has 0 heterocycles. The first kappa shape index (κ1) is 8.06. The molecule has 0 aromatic heterocycles. The lowest BCUT2D eigenvalue weighted by atomic mass is 10.0. The molecule has 0 saturated carbocycles. The number of aryl methyl sites for hydroxylation is 2. The molecule has 0 aliphatic carbocycles. The molecule has 0 aliphatic heterocycles. The van der Waals surface area contributed by atoms with Gasteiger partial charge in [-0.25, -0.2) is 0 Å². The van der Waals surface area contributed by atoms with Gasteiger partial charge in [0.1, 0.15) is 0 Å². The highest BCUT2D eigenvalue weighted by Crippen LogP contribution is 2.14. The van der Waals surface area contributed by atoms with Gasteiger partial charge in [-0.1, -0.05) is 30.4 Å². The van der Waals surface area contributed by atoms with Crippen molar-refractivity contribution in [3.63, 3.8) is 0 Å². The molecule has 0 amide bonds. The zero-order chi connectivity index (χ0) is 8.27. The molecule has 0 spiro atoms. The fourth-order valence-corrected chi connectivity index (χ4v) is 1.26. The molecule has 0 heteroatoms. The zero-order valence-corrected chi connectivity index (χ0v) is 7.39. The maximum Gasteiger partial charge on any atom is -0.0201 e. The fraction of sp³-hybridized carbons (Fsp3) is 0.273. The highest BCUT2D eigenvalue weighted by atomic mass is 14.0. The van der Waals surface area contributed by atoms with E-state index < -0.39 is 0 Å². The third-order valence-corrected chi connectivity index (χ3v) is 1.88. The van der Waals surface area contributed by atoms with Crippen molar-refractivity contribution in [2.24, 2.45) is 0 Å². The average molecular weight is 146 g/mol. The third-order valence-electron chi connectivity index (χ3n) is 1.88. The number of hydrogen-bond acceptors (Lipinski definition) is 0. The lowest BCUT2D eigenvalue weighted by Gasteiger charge is -2.02. The summed E-state index contributed by atoms with van der Waals surface area (Å²) in [5.74, 6) is 0. The number of benzene rings is 1. The highest BCUT2D eigenvalue weighted by Gasteiger charge is 1.95. The van der Waals surface area contributed by atoms with Crippen molar-refractivity contribution in [2.45, 2.75) is 20.8 Å². The van der Waals surface area contributed by atoms with E-state index in [9.17, 15) is 0 Å². The van der Waals surface area contributed by atoms with Gasteiger partial charge in [-0.2, -0.15) is 0 Å². The average Bonchev–Trinajstić information content (AvgIpc) is 1.97. The van der Waals surface area contributed by atoms with E-state index in [1.807, 2.05) is 6.92 Å². The van der Waals surface area contributed by atoms with Gasteiger partial charge >= 0.3 is 0 Å². The molecule has 0 saturated heterocycles. The van der Waals surface area contributed by atoms with Crippen molar-refractivity contribution in [2.75, 3.05) is 0 Å². The van der Waals surface area contributed by atoms with Crippen LogP contribution in [-0.4, -0.2) is 0 Å².